The Hall–Kier alpha value is -1.74. The van der Waals surface area contributed by atoms with E-state index in [1.807, 2.05) is 6.07 Å². The molecule has 4 rings (SSSR count). The third-order valence-corrected chi connectivity index (χ3v) is 4.66. The molecule has 2 fully saturated rings. The molecular formula is C17H20N2O. The Kier molecular flexibility index (Phi) is 2.81. The van der Waals surface area contributed by atoms with Gasteiger partial charge in [-0.1, -0.05) is 12.1 Å². The zero-order valence-electron chi connectivity index (χ0n) is 11.8. The van der Waals surface area contributed by atoms with Crippen molar-refractivity contribution in [3.8, 4) is 5.75 Å². The van der Waals surface area contributed by atoms with Crippen LogP contribution in [0.1, 0.15) is 19.3 Å². The van der Waals surface area contributed by atoms with E-state index in [9.17, 15) is 0 Å². The molecule has 2 aliphatic rings. The Bertz CT molecular complexity index is 628. The first-order valence-corrected chi connectivity index (χ1v) is 7.43. The molecule has 104 valence electrons. The van der Waals surface area contributed by atoms with Crippen LogP contribution in [0.4, 0.5) is 5.69 Å². The van der Waals surface area contributed by atoms with Gasteiger partial charge in [0.05, 0.1) is 12.8 Å². The van der Waals surface area contributed by atoms with E-state index in [4.69, 9.17) is 4.74 Å². The molecule has 3 heteroatoms. The van der Waals surface area contributed by atoms with Crippen molar-refractivity contribution < 1.29 is 4.74 Å². The number of hydrogen-bond donors (Lipinski definition) is 1. The lowest BCUT2D eigenvalue weighted by Gasteiger charge is -2.34. The molecule has 20 heavy (non-hydrogen) atoms. The van der Waals surface area contributed by atoms with Crippen molar-refractivity contribution in [2.75, 3.05) is 18.7 Å². The van der Waals surface area contributed by atoms with E-state index < -0.39 is 0 Å². The zero-order valence-corrected chi connectivity index (χ0v) is 11.8. The van der Waals surface area contributed by atoms with Crippen molar-refractivity contribution in [3.63, 3.8) is 0 Å². The fraction of sp³-hybridized carbons (Fsp3) is 0.412. The lowest BCUT2D eigenvalue weighted by molar-refractivity contribution is 0.393. The summed E-state index contributed by atoms with van der Waals surface area (Å²) in [4.78, 5) is 0. The summed E-state index contributed by atoms with van der Waals surface area (Å²) in [5.41, 5.74) is 4.93. The van der Waals surface area contributed by atoms with Crippen LogP contribution in [0.15, 0.2) is 36.4 Å². The van der Waals surface area contributed by atoms with E-state index in [-0.39, 0.29) is 0 Å². The second-order valence-electron chi connectivity index (χ2n) is 6.01. The monoisotopic (exact) mass is 268 g/mol. The quantitative estimate of drug-likeness (QED) is 0.904. The first kappa shape index (κ1) is 12.0. The number of fused-ring (bicyclic) bond motifs is 3. The van der Waals surface area contributed by atoms with Crippen molar-refractivity contribution in [1.29, 1.82) is 0 Å². The maximum Gasteiger partial charge on any atom is 0.119 e. The zero-order chi connectivity index (χ0) is 13.5. The molecule has 0 aromatic heterocycles. The molecule has 2 aromatic carbocycles. The predicted octanol–water partition coefficient (Wildman–Crippen LogP) is 3.34. The largest absolute Gasteiger partial charge is 0.497 e. The summed E-state index contributed by atoms with van der Waals surface area (Å²) in [6.07, 6.45) is 4.05. The van der Waals surface area contributed by atoms with Gasteiger partial charge in [0.1, 0.15) is 5.75 Å². The van der Waals surface area contributed by atoms with Crippen molar-refractivity contribution in [3.05, 3.63) is 36.4 Å². The van der Waals surface area contributed by atoms with Crippen molar-refractivity contribution in [1.82, 2.24) is 5.43 Å². The van der Waals surface area contributed by atoms with E-state index in [1.165, 1.54) is 35.7 Å². The average Bonchev–Trinajstić information content (AvgIpc) is 2.84. The number of nitrogens with one attached hydrogen (secondary N) is 1. The first-order valence-electron chi connectivity index (χ1n) is 7.43. The van der Waals surface area contributed by atoms with Gasteiger partial charge >= 0.3 is 0 Å². The minimum absolute atomic E-state index is 0.681. The summed E-state index contributed by atoms with van der Waals surface area (Å²) in [5.74, 6) is 1.78. The first-order chi connectivity index (χ1) is 9.81. The maximum absolute atomic E-state index is 5.28. The van der Waals surface area contributed by atoms with Crippen molar-refractivity contribution >= 4 is 16.5 Å². The SMILES string of the molecule is COc1ccc2cc(N3CC4CCC(C4)N3)ccc2c1. The Morgan fingerprint density at radius 1 is 1.10 bits per heavy atom. The molecule has 0 radical (unpaired) electrons. The number of anilines is 1. The highest BCUT2D eigenvalue weighted by Crippen LogP contribution is 2.33. The molecule has 1 N–H and O–H groups in total. The number of benzene rings is 2. The van der Waals surface area contributed by atoms with Gasteiger partial charge in [0, 0.05) is 12.6 Å². The van der Waals surface area contributed by atoms with Gasteiger partial charge in [-0.05, 0) is 60.2 Å². The summed E-state index contributed by atoms with van der Waals surface area (Å²) in [7, 11) is 1.71. The predicted molar refractivity (Wildman–Crippen MR) is 82.1 cm³/mol. The van der Waals surface area contributed by atoms with E-state index in [2.05, 4.69) is 40.8 Å². The molecule has 1 saturated heterocycles. The van der Waals surface area contributed by atoms with Crippen LogP contribution in [0, 0.1) is 5.92 Å². The Balaban J connectivity index is 1.67. The standard InChI is InChI=1S/C17H20N2O/c1-20-17-7-4-13-9-16(6-3-14(13)10-17)19-11-12-2-5-15(8-12)18-19/h3-4,6-7,9-10,12,15,18H,2,5,8,11H2,1H3. The van der Waals surface area contributed by atoms with Crippen molar-refractivity contribution in [2.45, 2.75) is 25.3 Å². The van der Waals surface area contributed by atoms with Crippen LogP contribution in [0.2, 0.25) is 0 Å². The lowest BCUT2D eigenvalue weighted by atomic mass is 10.1. The highest BCUT2D eigenvalue weighted by atomic mass is 16.5. The molecule has 0 amide bonds. The fourth-order valence-electron chi connectivity index (χ4n) is 3.58. The van der Waals surface area contributed by atoms with E-state index in [0.29, 0.717) is 6.04 Å². The number of rotatable bonds is 2. The topological polar surface area (TPSA) is 24.5 Å². The van der Waals surface area contributed by atoms with Crippen LogP contribution in [0.3, 0.4) is 0 Å². The fourth-order valence-corrected chi connectivity index (χ4v) is 3.58. The summed E-state index contributed by atoms with van der Waals surface area (Å²) >= 11 is 0. The third-order valence-electron chi connectivity index (χ3n) is 4.66. The van der Waals surface area contributed by atoms with Gasteiger partial charge in [-0.3, -0.25) is 0 Å². The lowest BCUT2D eigenvalue weighted by Crippen LogP contribution is -2.49. The Labute approximate surface area is 119 Å². The Morgan fingerprint density at radius 2 is 1.95 bits per heavy atom. The molecule has 2 unspecified atom stereocenters. The molecular weight excluding hydrogens is 248 g/mol. The van der Waals surface area contributed by atoms with Gasteiger partial charge in [0.15, 0.2) is 0 Å². The molecule has 2 atom stereocenters. The minimum atomic E-state index is 0.681. The average molecular weight is 268 g/mol. The molecule has 2 bridgehead atoms. The van der Waals surface area contributed by atoms with Crippen molar-refractivity contribution in [2.24, 2.45) is 5.92 Å². The van der Waals surface area contributed by atoms with E-state index in [1.54, 1.807) is 7.11 Å². The molecule has 0 spiro atoms. The van der Waals surface area contributed by atoms with Gasteiger partial charge in [-0.25, -0.2) is 5.43 Å². The van der Waals surface area contributed by atoms with Gasteiger partial charge in [-0.2, -0.15) is 0 Å². The molecule has 1 saturated carbocycles. The van der Waals surface area contributed by atoms with E-state index >= 15 is 0 Å². The second-order valence-corrected chi connectivity index (χ2v) is 6.01. The number of methoxy groups -OCH3 is 1. The summed E-state index contributed by atoms with van der Waals surface area (Å²) < 4.78 is 5.28. The minimum Gasteiger partial charge on any atom is -0.497 e. The molecule has 1 aliphatic carbocycles. The van der Waals surface area contributed by atoms with Gasteiger partial charge in [-0.15, -0.1) is 0 Å². The van der Waals surface area contributed by atoms with Gasteiger partial charge in [0.25, 0.3) is 0 Å². The normalized spacial score (nSPS) is 25.1. The summed E-state index contributed by atoms with van der Waals surface area (Å²) in [6.45, 7) is 1.14. The smallest absolute Gasteiger partial charge is 0.119 e. The van der Waals surface area contributed by atoms with Crippen LogP contribution < -0.4 is 15.2 Å². The van der Waals surface area contributed by atoms with Crippen LogP contribution in [0.25, 0.3) is 10.8 Å². The molecule has 1 aliphatic heterocycles. The maximum atomic E-state index is 5.28. The number of ether oxygens (including phenoxy) is 1. The van der Waals surface area contributed by atoms with Crippen LogP contribution in [-0.4, -0.2) is 19.7 Å². The molecule has 1 heterocycles. The second kappa shape index (κ2) is 4.67. The Morgan fingerprint density at radius 3 is 2.80 bits per heavy atom. The number of hydrazine groups is 1. The number of hydrogen-bond acceptors (Lipinski definition) is 3. The summed E-state index contributed by atoms with van der Waals surface area (Å²) in [5, 5.41) is 4.84. The third kappa shape index (κ3) is 2.02. The van der Waals surface area contributed by atoms with E-state index in [0.717, 1.165) is 18.2 Å². The molecule has 3 nitrogen and oxygen atoms in total. The highest BCUT2D eigenvalue weighted by molar-refractivity contribution is 5.87. The summed E-state index contributed by atoms with van der Waals surface area (Å²) in [6, 6.07) is 13.6. The number of nitrogens with zero attached hydrogens (tertiary/aromatic N) is 1. The van der Waals surface area contributed by atoms with Gasteiger partial charge < -0.3 is 9.75 Å². The van der Waals surface area contributed by atoms with Crippen LogP contribution in [-0.2, 0) is 0 Å². The van der Waals surface area contributed by atoms with Crippen LogP contribution in [0.5, 0.6) is 5.75 Å². The van der Waals surface area contributed by atoms with Crippen LogP contribution >= 0.6 is 0 Å². The molecule has 2 aromatic rings. The van der Waals surface area contributed by atoms with Gasteiger partial charge in [0.2, 0.25) is 0 Å². The highest BCUT2D eigenvalue weighted by Gasteiger charge is 2.32.